The summed E-state index contributed by atoms with van der Waals surface area (Å²) in [5.74, 6) is -0.123. The highest BCUT2D eigenvalue weighted by molar-refractivity contribution is 9.10. The first-order valence-corrected chi connectivity index (χ1v) is 7.65. The number of para-hydroxylation sites is 1. The number of anilines is 1. The van der Waals surface area contributed by atoms with Gasteiger partial charge in [-0.3, -0.25) is 20.5 Å². The zero-order valence-corrected chi connectivity index (χ0v) is 13.8. The van der Waals surface area contributed by atoms with E-state index in [0.717, 1.165) is 10.9 Å². The Labute approximate surface area is 144 Å². The van der Waals surface area contributed by atoms with Gasteiger partial charge in [0.25, 0.3) is 5.69 Å². The fourth-order valence-corrected chi connectivity index (χ4v) is 2.64. The van der Waals surface area contributed by atoms with E-state index in [0.29, 0.717) is 5.69 Å². The maximum atomic E-state index is 10.9. The molecule has 2 N–H and O–H groups in total. The van der Waals surface area contributed by atoms with Gasteiger partial charge in [0.1, 0.15) is 5.75 Å². The minimum atomic E-state index is -0.538. The number of nitrogens with one attached hydrogen (secondary N) is 1. The van der Waals surface area contributed by atoms with Crippen LogP contribution in [0.25, 0.3) is 10.9 Å². The maximum absolute atomic E-state index is 10.9. The Kier molecular flexibility index (Phi) is 4.39. The molecule has 0 saturated carbocycles. The third-order valence-corrected chi connectivity index (χ3v) is 3.91. The molecule has 0 unspecified atom stereocenters. The van der Waals surface area contributed by atoms with Crippen LogP contribution in [0.1, 0.15) is 5.56 Å². The summed E-state index contributed by atoms with van der Waals surface area (Å²) in [6.07, 6.45) is 3.00. The molecule has 0 spiro atoms. The largest absolute Gasteiger partial charge is 0.506 e. The number of nitrogens with zero attached hydrogens (tertiary/aromatic N) is 3. The SMILES string of the molecule is O=[N+]([O-])c1cc(Br)c(O)c(/C=N/Nc2cccc3cccnc23)c1. The van der Waals surface area contributed by atoms with Crippen LogP contribution >= 0.6 is 15.9 Å². The van der Waals surface area contributed by atoms with E-state index in [9.17, 15) is 15.2 Å². The van der Waals surface area contributed by atoms with Crippen LogP contribution in [0.2, 0.25) is 0 Å². The summed E-state index contributed by atoms with van der Waals surface area (Å²) in [5.41, 5.74) is 4.36. The van der Waals surface area contributed by atoms with Gasteiger partial charge in [-0.05, 0) is 28.1 Å². The molecule has 0 radical (unpaired) electrons. The van der Waals surface area contributed by atoms with Crippen molar-refractivity contribution in [2.75, 3.05) is 5.43 Å². The second-order valence-corrected chi connectivity index (χ2v) is 5.73. The normalized spacial score (nSPS) is 11.0. The number of aromatic hydroxyl groups is 1. The Morgan fingerprint density at radius 1 is 1.29 bits per heavy atom. The summed E-state index contributed by atoms with van der Waals surface area (Å²) in [7, 11) is 0. The molecule has 0 amide bonds. The molecule has 24 heavy (non-hydrogen) atoms. The second-order valence-electron chi connectivity index (χ2n) is 4.87. The second kappa shape index (κ2) is 6.63. The van der Waals surface area contributed by atoms with Gasteiger partial charge in [0.05, 0.1) is 26.8 Å². The number of hydrogen-bond acceptors (Lipinski definition) is 6. The molecule has 0 aliphatic rings. The number of non-ortho nitro benzene ring substituents is 1. The monoisotopic (exact) mass is 386 g/mol. The van der Waals surface area contributed by atoms with Crippen LogP contribution in [0.4, 0.5) is 11.4 Å². The smallest absolute Gasteiger partial charge is 0.271 e. The number of hydrazone groups is 1. The molecule has 3 rings (SSSR count). The van der Waals surface area contributed by atoms with Gasteiger partial charge >= 0.3 is 0 Å². The molecule has 0 aliphatic heterocycles. The zero-order chi connectivity index (χ0) is 17.1. The maximum Gasteiger partial charge on any atom is 0.271 e. The molecule has 0 fully saturated rings. The highest BCUT2D eigenvalue weighted by Crippen LogP contribution is 2.31. The van der Waals surface area contributed by atoms with Crippen LogP contribution in [-0.2, 0) is 0 Å². The average molecular weight is 387 g/mol. The predicted octanol–water partition coefficient (Wildman–Crippen LogP) is 4.06. The highest BCUT2D eigenvalue weighted by atomic mass is 79.9. The number of halogens is 1. The van der Waals surface area contributed by atoms with Crippen molar-refractivity contribution in [1.29, 1.82) is 0 Å². The molecular formula is C16H11BrN4O3. The summed E-state index contributed by atoms with van der Waals surface area (Å²) in [6.45, 7) is 0. The van der Waals surface area contributed by atoms with Gasteiger partial charge in [0.15, 0.2) is 0 Å². The molecule has 0 atom stereocenters. The number of hydrogen-bond donors (Lipinski definition) is 2. The van der Waals surface area contributed by atoms with Gasteiger partial charge in [-0.2, -0.15) is 5.10 Å². The van der Waals surface area contributed by atoms with Crippen molar-refractivity contribution < 1.29 is 10.0 Å². The van der Waals surface area contributed by atoms with E-state index in [4.69, 9.17) is 0 Å². The Balaban J connectivity index is 1.90. The first-order valence-electron chi connectivity index (χ1n) is 6.86. The first kappa shape index (κ1) is 15.9. The average Bonchev–Trinajstić information content (AvgIpc) is 2.58. The molecule has 0 saturated heterocycles. The van der Waals surface area contributed by atoms with E-state index in [1.165, 1.54) is 18.3 Å². The molecule has 1 aromatic heterocycles. The number of pyridine rings is 1. The zero-order valence-electron chi connectivity index (χ0n) is 12.2. The molecule has 1 heterocycles. The quantitative estimate of drug-likeness (QED) is 0.400. The van der Waals surface area contributed by atoms with Crippen molar-refractivity contribution >= 4 is 44.4 Å². The van der Waals surface area contributed by atoms with Crippen LogP contribution < -0.4 is 5.43 Å². The fraction of sp³-hybridized carbons (Fsp3) is 0. The van der Waals surface area contributed by atoms with Crippen molar-refractivity contribution in [1.82, 2.24) is 4.98 Å². The number of rotatable bonds is 4. The van der Waals surface area contributed by atoms with E-state index in [2.05, 4.69) is 31.4 Å². The van der Waals surface area contributed by atoms with Gasteiger partial charge in [0.2, 0.25) is 0 Å². The van der Waals surface area contributed by atoms with Crippen LogP contribution in [-0.4, -0.2) is 21.2 Å². The number of fused-ring (bicyclic) bond motifs is 1. The van der Waals surface area contributed by atoms with Crippen LogP contribution in [0.3, 0.4) is 0 Å². The summed E-state index contributed by atoms with van der Waals surface area (Å²) >= 11 is 3.09. The Morgan fingerprint density at radius 2 is 2.08 bits per heavy atom. The minimum Gasteiger partial charge on any atom is -0.506 e. The van der Waals surface area contributed by atoms with Crippen molar-refractivity contribution in [3.63, 3.8) is 0 Å². The standard InChI is InChI=1S/C16H11BrN4O3/c17-13-8-12(21(23)24)7-11(16(13)22)9-19-20-14-5-1-3-10-4-2-6-18-15(10)14/h1-9,20,22H/b19-9+. The van der Waals surface area contributed by atoms with E-state index in [1.807, 2.05) is 30.3 Å². The first-order chi connectivity index (χ1) is 11.6. The number of benzene rings is 2. The molecule has 8 heteroatoms. The Morgan fingerprint density at radius 3 is 2.88 bits per heavy atom. The molecule has 2 aromatic carbocycles. The predicted molar refractivity (Wildman–Crippen MR) is 95.4 cm³/mol. The summed E-state index contributed by atoms with van der Waals surface area (Å²) in [6, 6.07) is 11.9. The van der Waals surface area contributed by atoms with E-state index >= 15 is 0 Å². The van der Waals surface area contributed by atoms with Crippen LogP contribution in [0.15, 0.2) is 58.2 Å². The molecule has 0 aliphatic carbocycles. The lowest BCUT2D eigenvalue weighted by atomic mass is 10.2. The minimum absolute atomic E-state index is 0.123. The van der Waals surface area contributed by atoms with Gasteiger partial charge in [-0.25, -0.2) is 0 Å². The lowest BCUT2D eigenvalue weighted by Crippen LogP contribution is -1.95. The molecule has 3 aromatic rings. The van der Waals surface area contributed by atoms with E-state index in [1.54, 1.807) is 6.20 Å². The number of phenols is 1. The molecular weight excluding hydrogens is 376 g/mol. The van der Waals surface area contributed by atoms with Gasteiger partial charge < -0.3 is 5.11 Å². The molecule has 120 valence electrons. The number of phenolic OH excluding ortho intramolecular Hbond substituents is 1. The third kappa shape index (κ3) is 3.18. The van der Waals surface area contributed by atoms with Crippen LogP contribution in [0.5, 0.6) is 5.75 Å². The van der Waals surface area contributed by atoms with Crippen molar-refractivity contribution in [3.05, 3.63) is 68.8 Å². The summed E-state index contributed by atoms with van der Waals surface area (Å²) in [4.78, 5) is 14.6. The van der Waals surface area contributed by atoms with Crippen molar-refractivity contribution in [2.45, 2.75) is 0 Å². The Bertz CT molecular complexity index is 954. The van der Waals surface area contributed by atoms with Crippen molar-refractivity contribution in [3.8, 4) is 5.75 Å². The van der Waals surface area contributed by atoms with E-state index < -0.39 is 4.92 Å². The number of nitro benzene ring substituents is 1. The lowest BCUT2D eigenvalue weighted by Gasteiger charge is -2.05. The van der Waals surface area contributed by atoms with Crippen LogP contribution in [0, 0.1) is 10.1 Å². The summed E-state index contributed by atoms with van der Waals surface area (Å²) in [5, 5.41) is 25.9. The number of aromatic nitrogens is 1. The molecule has 7 nitrogen and oxygen atoms in total. The van der Waals surface area contributed by atoms with E-state index in [-0.39, 0.29) is 21.5 Å². The topological polar surface area (TPSA) is 101 Å². The summed E-state index contributed by atoms with van der Waals surface area (Å²) < 4.78 is 0.227. The van der Waals surface area contributed by atoms with Crippen molar-refractivity contribution in [2.24, 2.45) is 5.10 Å². The van der Waals surface area contributed by atoms with Gasteiger partial charge in [-0.15, -0.1) is 0 Å². The third-order valence-electron chi connectivity index (χ3n) is 3.31. The number of nitro groups is 1. The highest BCUT2D eigenvalue weighted by Gasteiger charge is 2.13. The van der Waals surface area contributed by atoms with Gasteiger partial charge in [-0.1, -0.05) is 18.2 Å². The van der Waals surface area contributed by atoms with Gasteiger partial charge in [0, 0.05) is 29.3 Å². The Hall–Kier alpha value is -3.00. The molecule has 0 bridgehead atoms. The fourth-order valence-electron chi connectivity index (χ4n) is 2.18. The lowest BCUT2D eigenvalue weighted by molar-refractivity contribution is -0.385.